The molecular weight excluding hydrogens is 604 g/mol. The Balaban J connectivity index is 1.45. The molecular formula is C34H38N6O7. The SMILES string of the molecule is CC(C)(C)OC(=O)Nc1ccc2nc(-c3cc(OCCCC(=O)O)cc(-c4nc5ccc(NC(=O)OC(C)(C)C)cc5[nH]4)c3)[nH]c2c1. The van der Waals surface area contributed by atoms with Gasteiger partial charge in [-0.3, -0.25) is 15.4 Å². The van der Waals surface area contributed by atoms with Gasteiger partial charge in [-0.15, -0.1) is 0 Å². The molecule has 5 rings (SSSR count). The van der Waals surface area contributed by atoms with Crippen LogP contribution in [0.1, 0.15) is 54.4 Å². The van der Waals surface area contributed by atoms with E-state index in [1.165, 1.54) is 0 Å². The number of aromatic amines is 2. The molecule has 2 heterocycles. The Bertz CT molecular complexity index is 1820. The van der Waals surface area contributed by atoms with Gasteiger partial charge in [0.1, 0.15) is 28.6 Å². The predicted molar refractivity (Wildman–Crippen MR) is 179 cm³/mol. The summed E-state index contributed by atoms with van der Waals surface area (Å²) in [5.74, 6) is 0.704. The third-order valence-electron chi connectivity index (χ3n) is 6.51. The first-order chi connectivity index (χ1) is 22.1. The lowest BCUT2D eigenvalue weighted by Crippen LogP contribution is -2.27. The normalized spacial score (nSPS) is 11.8. The topological polar surface area (TPSA) is 181 Å². The van der Waals surface area contributed by atoms with Crippen LogP contribution < -0.4 is 15.4 Å². The molecule has 0 radical (unpaired) electrons. The van der Waals surface area contributed by atoms with Crippen molar-refractivity contribution in [2.75, 3.05) is 17.2 Å². The monoisotopic (exact) mass is 642 g/mol. The molecule has 0 atom stereocenters. The lowest BCUT2D eigenvalue weighted by molar-refractivity contribution is -0.137. The summed E-state index contributed by atoms with van der Waals surface area (Å²) in [5, 5.41) is 14.5. The molecule has 3 aromatic carbocycles. The van der Waals surface area contributed by atoms with Crippen molar-refractivity contribution in [1.82, 2.24) is 19.9 Å². The second-order valence-electron chi connectivity index (χ2n) is 13.0. The number of hydrogen-bond acceptors (Lipinski definition) is 8. The zero-order valence-electron chi connectivity index (χ0n) is 27.1. The Hall–Kier alpha value is -5.59. The molecule has 0 aliphatic rings. The van der Waals surface area contributed by atoms with E-state index in [1.54, 1.807) is 77.9 Å². The summed E-state index contributed by atoms with van der Waals surface area (Å²) in [6.07, 6.45) is -0.801. The number of nitrogens with zero attached hydrogens (tertiary/aromatic N) is 2. The number of aromatic nitrogens is 4. The summed E-state index contributed by atoms with van der Waals surface area (Å²) in [5.41, 5.74) is 3.95. The van der Waals surface area contributed by atoms with Crippen LogP contribution in [-0.4, -0.2) is 61.0 Å². The molecule has 0 unspecified atom stereocenters. The van der Waals surface area contributed by atoms with Crippen molar-refractivity contribution < 1.29 is 33.7 Å². The number of hydrogen-bond donors (Lipinski definition) is 5. The molecule has 47 heavy (non-hydrogen) atoms. The quantitative estimate of drug-likeness (QED) is 0.101. The number of carbonyl (C=O) groups excluding carboxylic acids is 2. The van der Waals surface area contributed by atoms with Crippen molar-refractivity contribution in [2.24, 2.45) is 0 Å². The Kier molecular flexibility index (Phi) is 9.09. The van der Waals surface area contributed by atoms with Gasteiger partial charge < -0.3 is 29.3 Å². The van der Waals surface area contributed by atoms with Crippen LogP contribution in [0, 0.1) is 0 Å². The van der Waals surface area contributed by atoms with Crippen molar-refractivity contribution in [2.45, 2.75) is 65.6 Å². The van der Waals surface area contributed by atoms with Crippen LogP contribution in [-0.2, 0) is 14.3 Å². The van der Waals surface area contributed by atoms with Crippen molar-refractivity contribution in [3.8, 4) is 28.5 Å². The Morgan fingerprint density at radius 3 is 1.62 bits per heavy atom. The number of anilines is 2. The van der Waals surface area contributed by atoms with Gasteiger partial charge in [-0.05, 0) is 103 Å². The second-order valence-corrected chi connectivity index (χ2v) is 13.0. The molecule has 0 aliphatic heterocycles. The van der Waals surface area contributed by atoms with Gasteiger partial charge in [-0.25, -0.2) is 19.6 Å². The fourth-order valence-corrected chi connectivity index (χ4v) is 4.66. The third kappa shape index (κ3) is 9.00. The Morgan fingerprint density at radius 2 is 1.19 bits per heavy atom. The molecule has 5 N–H and O–H groups in total. The summed E-state index contributed by atoms with van der Waals surface area (Å²) in [4.78, 5) is 51.7. The highest BCUT2D eigenvalue weighted by Crippen LogP contribution is 2.32. The highest BCUT2D eigenvalue weighted by atomic mass is 16.6. The van der Waals surface area contributed by atoms with Gasteiger partial charge >= 0.3 is 18.2 Å². The number of rotatable bonds is 9. The van der Waals surface area contributed by atoms with Crippen molar-refractivity contribution >= 4 is 51.6 Å². The highest BCUT2D eigenvalue weighted by Gasteiger charge is 2.19. The van der Waals surface area contributed by atoms with E-state index in [4.69, 9.17) is 29.3 Å². The van der Waals surface area contributed by atoms with Crippen LogP contribution in [0.15, 0.2) is 54.6 Å². The van der Waals surface area contributed by atoms with Gasteiger partial charge in [-0.1, -0.05) is 0 Å². The molecule has 0 fully saturated rings. The van der Waals surface area contributed by atoms with Crippen molar-refractivity contribution in [3.05, 3.63) is 54.6 Å². The largest absolute Gasteiger partial charge is 0.494 e. The Labute approximate surface area is 271 Å². The number of H-pyrrole nitrogens is 2. The van der Waals surface area contributed by atoms with Crippen LogP contribution in [0.5, 0.6) is 5.75 Å². The number of benzene rings is 3. The second kappa shape index (κ2) is 13.0. The molecule has 2 amide bonds. The standard InChI is InChI=1S/C34H38N6O7/c1-33(2,3)46-31(43)35-21-9-11-24-26(17-21)39-29(37-24)19-14-20(16-23(15-19)45-13-7-8-28(41)42)30-38-25-12-10-22(18-27(25)40-30)36-32(44)47-34(4,5)6/h9-12,14-18H,7-8,13H2,1-6H3,(H,35,43)(H,36,44)(H,37,39)(H,38,40)(H,41,42). The minimum absolute atomic E-state index is 0.0149. The van der Waals surface area contributed by atoms with Crippen LogP contribution in [0.2, 0.25) is 0 Å². The summed E-state index contributed by atoms with van der Waals surface area (Å²) < 4.78 is 16.7. The maximum Gasteiger partial charge on any atom is 0.412 e. The van der Waals surface area contributed by atoms with Gasteiger partial charge in [0.05, 0.1) is 28.7 Å². The molecule has 246 valence electrons. The van der Waals surface area contributed by atoms with Crippen LogP contribution in [0.25, 0.3) is 44.8 Å². The van der Waals surface area contributed by atoms with Crippen LogP contribution >= 0.6 is 0 Å². The minimum atomic E-state index is -0.895. The van der Waals surface area contributed by atoms with Gasteiger partial charge in [0.2, 0.25) is 0 Å². The fourth-order valence-electron chi connectivity index (χ4n) is 4.66. The number of amides is 2. The van der Waals surface area contributed by atoms with E-state index in [0.717, 1.165) is 0 Å². The molecule has 13 heteroatoms. The smallest absolute Gasteiger partial charge is 0.412 e. The number of carboxylic acid groups (broad SMARTS) is 1. The molecule has 5 aromatic rings. The molecule has 13 nitrogen and oxygen atoms in total. The van der Waals surface area contributed by atoms with E-state index in [2.05, 4.69) is 20.6 Å². The summed E-state index contributed by atoms with van der Waals surface area (Å²) in [7, 11) is 0. The summed E-state index contributed by atoms with van der Waals surface area (Å²) in [6, 6.07) is 16.1. The van der Waals surface area contributed by atoms with Crippen molar-refractivity contribution in [1.29, 1.82) is 0 Å². The number of fused-ring (bicyclic) bond motifs is 2. The average Bonchev–Trinajstić information content (AvgIpc) is 3.57. The first-order valence-electron chi connectivity index (χ1n) is 15.1. The third-order valence-corrected chi connectivity index (χ3v) is 6.51. The number of ether oxygens (including phenoxy) is 3. The highest BCUT2D eigenvalue weighted by molar-refractivity contribution is 5.91. The molecule has 0 bridgehead atoms. The number of carboxylic acids is 1. The molecule has 0 saturated carbocycles. The van der Waals surface area contributed by atoms with Gasteiger partial charge in [-0.2, -0.15) is 0 Å². The molecule has 2 aromatic heterocycles. The average molecular weight is 643 g/mol. The predicted octanol–water partition coefficient (Wildman–Crippen LogP) is 7.71. The molecule has 0 aliphatic carbocycles. The van der Waals surface area contributed by atoms with E-state index in [9.17, 15) is 14.4 Å². The molecule has 0 spiro atoms. The first kappa shape index (κ1) is 32.8. The van der Waals surface area contributed by atoms with Crippen LogP contribution in [0.4, 0.5) is 21.0 Å². The van der Waals surface area contributed by atoms with Gasteiger partial charge in [0.15, 0.2) is 0 Å². The Morgan fingerprint density at radius 1 is 0.723 bits per heavy atom. The van der Waals surface area contributed by atoms with E-state index in [1.807, 2.05) is 18.2 Å². The van der Waals surface area contributed by atoms with E-state index in [0.29, 0.717) is 68.4 Å². The number of nitrogens with one attached hydrogen (secondary N) is 4. The first-order valence-corrected chi connectivity index (χ1v) is 15.1. The van der Waals surface area contributed by atoms with Gasteiger partial charge in [0.25, 0.3) is 0 Å². The number of aliphatic carboxylic acids is 1. The summed E-state index contributed by atoms with van der Waals surface area (Å²) >= 11 is 0. The number of imidazole rings is 2. The van der Waals surface area contributed by atoms with Gasteiger partial charge in [0, 0.05) is 28.9 Å². The fraction of sp³-hybridized carbons (Fsp3) is 0.324. The minimum Gasteiger partial charge on any atom is -0.494 e. The maximum absolute atomic E-state index is 12.3. The van der Waals surface area contributed by atoms with E-state index >= 15 is 0 Å². The maximum atomic E-state index is 12.3. The zero-order valence-corrected chi connectivity index (χ0v) is 27.1. The lowest BCUT2D eigenvalue weighted by Gasteiger charge is -2.19. The zero-order chi connectivity index (χ0) is 33.9. The van der Waals surface area contributed by atoms with Crippen LogP contribution in [0.3, 0.4) is 0 Å². The van der Waals surface area contributed by atoms with Crippen molar-refractivity contribution in [3.63, 3.8) is 0 Å². The number of carbonyl (C=O) groups is 3. The lowest BCUT2D eigenvalue weighted by atomic mass is 10.1. The molecule has 0 saturated heterocycles. The van der Waals surface area contributed by atoms with E-state index in [-0.39, 0.29) is 13.0 Å². The van der Waals surface area contributed by atoms with E-state index < -0.39 is 29.4 Å². The summed E-state index contributed by atoms with van der Waals surface area (Å²) in [6.45, 7) is 11.0.